The first-order valence-electron chi connectivity index (χ1n) is 4.75. The van der Waals surface area contributed by atoms with Crippen LogP contribution in [0.4, 0.5) is 0 Å². The second-order valence-electron chi connectivity index (χ2n) is 3.39. The van der Waals surface area contributed by atoms with Gasteiger partial charge in [0, 0.05) is 19.2 Å². The third-order valence-electron chi connectivity index (χ3n) is 1.94. The number of rotatable bonds is 7. The van der Waals surface area contributed by atoms with Gasteiger partial charge in [0.1, 0.15) is 0 Å². The highest BCUT2D eigenvalue weighted by atomic mass is 16.3. The Morgan fingerprint density at radius 2 is 2.17 bits per heavy atom. The van der Waals surface area contributed by atoms with Gasteiger partial charge in [0.05, 0.1) is 0 Å². The third-order valence-corrected chi connectivity index (χ3v) is 1.94. The smallest absolute Gasteiger partial charge is 0.0446 e. The van der Waals surface area contributed by atoms with Crippen molar-refractivity contribution in [2.75, 3.05) is 26.7 Å². The maximum atomic E-state index is 8.63. The van der Waals surface area contributed by atoms with E-state index in [0.29, 0.717) is 6.42 Å². The summed E-state index contributed by atoms with van der Waals surface area (Å²) in [7, 11) is 2.08. The molecule has 0 aromatic heterocycles. The molecule has 74 valence electrons. The molecule has 0 aliphatic carbocycles. The molecule has 12 heavy (non-hydrogen) atoms. The molecular weight excluding hydrogens is 152 g/mol. The van der Waals surface area contributed by atoms with E-state index in [-0.39, 0.29) is 12.6 Å². The molecule has 1 atom stereocenters. The Hall–Kier alpha value is -0.120. The predicted molar refractivity (Wildman–Crippen MR) is 52.1 cm³/mol. The summed E-state index contributed by atoms with van der Waals surface area (Å²) in [5.74, 6) is 0. The minimum atomic E-state index is 0.122. The van der Waals surface area contributed by atoms with Crippen molar-refractivity contribution in [3.05, 3.63) is 0 Å². The SMILES string of the molecule is CCCCN(C)CC(N)CCO. The number of hydrogen-bond acceptors (Lipinski definition) is 3. The van der Waals surface area contributed by atoms with Crippen LogP contribution in [0.25, 0.3) is 0 Å². The second kappa shape index (κ2) is 7.53. The van der Waals surface area contributed by atoms with Gasteiger partial charge in [-0.25, -0.2) is 0 Å². The second-order valence-corrected chi connectivity index (χ2v) is 3.39. The number of unbranched alkanes of at least 4 members (excludes halogenated alkanes) is 1. The molecule has 1 unspecified atom stereocenters. The van der Waals surface area contributed by atoms with Gasteiger partial charge in [0.2, 0.25) is 0 Å². The molecule has 3 heteroatoms. The van der Waals surface area contributed by atoms with Crippen LogP contribution in [0.5, 0.6) is 0 Å². The fraction of sp³-hybridized carbons (Fsp3) is 1.00. The van der Waals surface area contributed by atoms with E-state index in [1.807, 2.05) is 0 Å². The van der Waals surface area contributed by atoms with Crippen molar-refractivity contribution >= 4 is 0 Å². The summed E-state index contributed by atoms with van der Waals surface area (Å²) in [6.45, 7) is 4.38. The van der Waals surface area contributed by atoms with Crippen LogP contribution < -0.4 is 5.73 Å². The Bertz CT molecular complexity index is 98.5. The number of aliphatic hydroxyl groups is 1. The van der Waals surface area contributed by atoms with E-state index >= 15 is 0 Å². The van der Waals surface area contributed by atoms with Crippen LogP contribution in [-0.4, -0.2) is 42.8 Å². The monoisotopic (exact) mass is 174 g/mol. The van der Waals surface area contributed by atoms with Crippen molar-refractivity contribution in [3.8, 4) is 0 Å². The molecule has 0 bridgehead atoms. The predicted octanol–water partition coefficient (Wildman–Crippen LogP) is 0.428. The van der Waals surface area contributed by atoms with Crippen molar-refractivity contribution in [2.45, 2.75) is 32.2 Å². The molecule has 0 saturated carbocycles. The fourth-order valence-corrected chi connectivity index (χ4v) is 1.18. The summed E-state index contributed by atoms with van der Waals surface area (Å²) >= 11 is 0. The van der Waals surface area contributed by atoms with Crippen LogP contribution in [0, 0.1) is 0 Å². The number of likely N-dealkylation sites (N-methyl/N-ethyl adjacent to an activating group) is 1. The Kier molecular flexibility index (Phi) is 7.45. The summed E-state index contributed by atoms with van der Waals surface area (Å²) in [4.78, 5) is 2.23. The van der Waals surface area contributed by atoms with Gasteiger partial charge in [-0.15, -0.1) is 0 Å². The van der Waals surface area contributed by atoms with Gasteiger partial charge >= 0.3 is 0 Å². The van der Waals surface area contributed by atoms with E-state index in [1.165, 1.54) is 12.8 Å². The Balaban J connectivity index is 3.33. The van der Waals surface area contributed by atoms with Crippen LogP contribution >= 0.6 is 0 Å². The largest absolute Gasteiger partial charge is 0.396 e. The standard InChI is InChI=1S/C9H22N2O/c1-3-4-6-11(2)8-9(10)5-7-12/h9,12H,3-8,10H2,1-2H3. The number of hydrogen-bond donors (Lipinski definition) is 2. The lowest BCUT2D eigenvalue weighted by molar-refractivity contribution is 0.245. The van der Waals surface area contributed by atoms with Gasteiger partial charge in [0.15, 0.2) is 0 Å². The van der Waals surface area contributed by atoms with Crippen LogP contribution in [0.2, 0.25) is 0 Å². The van der Waals surface area contributed by atoms with Crippen molar-refractivity contribution in [1.82, 2.24) is 4.90 Å². The first-order chi connectivity index (χ1) is 5.70. The van der Waals surface area contributed by atoms with Crippen molar-refractivity contribution < 1.29 is 5.11 Å². The first kappa shape index (κ1) is 11.9. The van der Waals surface area contributed by atoms with E-state index in [4.69, 9.17) is 10.8 Å². The van der Waals surface area contributed by atoms with Gasteiger partial charge in [-0.2, -0.15) is 0 Å². The molecule has 0 aromatic rings. The molecule has 3 N–H and O–H groups in total. The number of aliphatic hydroxyl groups excluding tert-OH is 1. The Labute approximate surface area is 75.6 Å². The van der Waals surface area contributed by atoms with E-state index in [9.17, 15) is 0 Å². The summed E-state index contributed by atoms with van der Waals surface area (Å²) < 4.78 is 0. The van der Waals surface area contributed by atoms with E-state index in [1.54, 1.807) is 0 Å². The number of nitrogens with two attached hydrogens (primary N) is 1. The first-order valence-corrected chi connectivity index (χ1v) is 4.75. The molecule has 0 heterocycles. The van der Waals surface area contributed by atoms with E-state index in [0.717, 1.165) is 13.1 Å². The van der Waals surface area contributed by atoms with Gasteiger partial charge < -0.3 is 15.7 Å². The molecule has 3 nitrogen and oxygen atoms in total. The van der Waals surface area contributed by atoms with Crippen LogP contribution in [0.15, 0.2) is 0 Å². The average Bonchev–Trinajstić information content (AvgIpc) is 2.01. The van der Waals surface area contributed by atoms with Gasteiger partial charge in [-0.1, -0.05) is 13.3 Å². The van der Waals surface area contributed by atoms with Crippen molar-refractivity contribution in [3.63, 3.8) is 0 Å². The summed E-state index contributed by atoms with van der Waals surface area (Å²) in [5, 5.41) is 8.63. The molecule has 0 aliphatic rings. The molecule has 0 aliphatic heterocycles. The van der Waals surface area contributed by atoms with Crippen molar-refractivity contribution in [1.29, 1.82) is 0 Å². The Morgan fingerprint density at radius 3 is 2.67 bits per heavy atom. The topological polar surface area (TPSA) is 49.5 Å². The molecule has 0 aromatic carbocycles. The zero-order chi connectivity index (χ0) is 9.40. The fourth-order valence-electron chi connectivity index (χ4n) is 1.18. The molecule has 0 radical (unpaired) electrons. The summed E-state index contributed by atoms with van der Waals surface area (Å²) in [6, 6.07) is 0.122. The lowest BCUT2D eigenvalue weighted by atomic mass is 10.2. The van der Waals surface area contributed by atoms with Gasteiger partial charge in [0.25, 0.3) is 0 Å². The maximum Gasteiger partial charge on any atom is 0.0446 e. The van der Waals surface area contributed by atoms with Crippen LogP contribution in [0.3, 0.4) is 0 Å². The molecule has 0 spiro atoms. The normalized spacial score (nSPS) is 13.8. The van der Waals surface area contributed by atoms with E-state index < -0.39 is 0 Å². The third kappa shape index (κ3) is 6.58. The summed E-state index contributed by atoms with van der Waals surface area (Å²) in [5.41, 5.74) is 5.76. The highest BCUT2D eigenvalue weighted by molar-refractivity contribution is 4.65. The molecular formula is C9H22N2O. The molecule has 0 saturated heterocycles. The molecule has 0 amide bonds. The average molecular weight is 174 g/mol. The minimum Gasteiger partial charge on any atom is -0.396 e. The lowest BCUT2D eigenvalue weighted by Crippen LogP contribution is -2.36. The maximum absolute atomic E-state index is 8.63. The van der Waals surface area contributed by atoms with Gasteiger partial charge in [-0.05, 0) is 26.4 Å². The molecule has 0 rings (SSSR count). The zero-order valence-corrected chi connectivity index (χ0v) is 8.29. The van der Waals surface area contributed by atoms with E-state index in [2.05, 4.69) is 18.9 Å². The molecule has 0 fully saturated rings. The van der Waals surface area contributed by atoms with Crippen molar-refractivity contribution in [2.24, 2.45) is 5.73 Å². The lowest BCUT2D eigenvalue weighted by Gasteiger charge is -2.20. The summed E-state index contributed by atoms with van der Waals surface area (Å²) in [6.07, 6.45) is 3.15. The minimum absolute atomic E-state index is 0.122. The number of nitrogens with zero attached hydrogens (tertiary/aromatic N) is 1. The van der Waals surface area contributed by atoms with Gasteiger partial charge in [-0.3, -0.25) is 0 Å². The van der Waals surface area contributed by atoms with Crippen LogP contribution in [0.1, 0.15) is 26.2 Å². The quantitative estimate of drug-likeness (QED) is 0.588. The van der Waals surface area contributed by atoms with Crippen LogP contribution in [-0.2, 0) is 0 Å². The Morgan fingerprint density at radius 1 is 1.50 bits per heavy atom. The highest BCUT2D eigenvalue weighted by Crippen LogP contribution is 1.94. The highest BCUT2D eigenvalue weighted by Gasteiger charge is 2.04. The zero-order valence-electron chi connectivity index (χ0n) is 8.29.